The third-order valence-electron chi connectivity index (χ3n) is 2.95. The third kappa shape index (κ3) is 2.56. The molecule has 7 heteroatoms. The maximum Gasteiger partial charge on any atom is 0.335 e. The van der Waals surface area contributed by atoms with Crippen LogP contribution in [0, 0.1) is 11.6 Å². The van der Waals surface area contributed by atoms with Crippen molar-refractivity contribution in [3.8, 4) is 22.8 Å². The maximum atomic E-state index is 13.7. The Hall–Kier alpha value is -3.09. The lowest BCUT2D eigenvalue weighted by atomic mass is 10.1. The number of aromatic carboxylic acids is 1. The van der Waals surface area contributed by atoms with Gasteiger partial charge in [-0.05, 0) is 30.3 Å². The molecule has 0 saturated carbocycles. The van der Waals surface area contributed by atoms with Crippen molar-refractivity contribution in [1.29, 1.82) is 0 Å². The van der Waals surface area contributed by atoms with Gasteiger partial charge in [-0.2, -0.15) is 4.98 Å². The van der Waals surface area contributed by atoms with Gasteiger partial charge in [0.05, 0.1) is 11.1 Å². The molecular weight excluding hydrogens is 294 g/mol. The molecule has 0 fully saturated rings. The van der Waals surface area contributed by atoms with E-state index < -0.39 is 17.6 Å². The lowest BCUT2D eigenvalue weighted by Crippen LogP contribution is -1.96. The van der Waals surface area contributed by atoms with Crippen LogP contribution >= 0.6 is 0 Å². The lowest BCUT2D eigenvalue weighted by Gasteiger charge is -1.97. The fourth-order valence-electron chi connectivity index (χ4n) is 1.90. The van der Waals surface area contributed by atoms with Crippen LogP contribution in [0.5, 0.6) is 0 Å². The second-order valence-electron chi connectivity index (χ2n) is 4.43. The van der Waals surface area contributed by atoms with E-state index in [1.54, 1.807) is 6.07 Å². The first-order valence-corrected chi connectivity index (χ1v) is 6.17. The molecule has 22 heavy (non-hydrogen) atoms. The highest BCUT2D eigenvalue weighted by Crippen LogP contribution is 2.25. The van der Waals surface area contributed by atoms with Gasteiger partial charge in [0.25, 0.3) is 5.89 Å². The Kier molecular flexibility index (Phi) is 3.38. The number of aromatic nitrogens is 2. The number of hydrogen-bond acceptors (Lipinski definition) is 4. The van der Waals surface area contributed by atoms with Crippen LogP contribution in [0.2, 0.25) is 0 Å². The van der Waals surface area contributed by atoms with Gasteiger partial charge in [0.15, 0.2) is 0 Å². The maximum absolute atomic E-state index is 13.7. The fraction of sp³-hybridized carbons (Fsp3) is 0. The average Bonchev–Trinajstić information content (AvgIpc) is 2.99. The highest BCUT2D eigenvalue weighted by molar-refractivity contribution is 5.89. The molecule has 2 aromatic carbocycles. The van der Waals surface area contributed by atoms with Gasteiger partial charge in [-0.15, -0.1) is 0 Å². The lowest BCUT2D eigenvalue weighted by molar-refractivity contribution is 0.0697. The fourth-order valence-corrected chi connectivity index (χ4v) is 1.90. The highest BCUT2D eigenvalue weighted by atomic mass is 19.1. The average molecular weight is 302 g/mol. The molecule has 0 aliphatic heterocycles. The van der Waals surface area contributed by atoms with Gasteiger partial charge in [0, 0.05) is 5.56 Å². The number of benzene rings is 2. The Morgan fingerprint density at radius 2 is 1.95 bits per heavy atom. The predicted octanol–water partition coefficient (Wildman–Crippen LogP) is 3.38. The normalized spacial score (nSPS) is 10.6. The van der Waals surface area contributed by atoms with Crippen LogP contribution in [-0.2, 0) is 0 Å². The van der Waals surface area contributed by atoms with Crippen LogP contribution in [-0.4, -0.2) is 21.2 Å². The van der Waals surface area contributed by atoms with Crippen molar-refractivity contribution in [3.63, 3.8) is 0 Å². The summed E-state index contributed by atoms with van der Waals surface area (Å²) in [5, 5.41) is 12.6. The van der Waals surface area contributed by atoms with Gasteiger partial charge in [0.2, 0.25) is 5.82 Å². The zero-order valence-electron chi connectivity index (χ0n) is 11.0. The zero-order chi connectivity index (χ0) is 15.7. The SMILES string of the molecule is O=C(O)c1cccc(-c2noc(-c3cc(F)ccc3F)n2)c1. The van der Waals surface area contributed by atoms with E-state index in [1.807, 2.05) is 0 Å². The first-order valence-electron chi connectivity index (χ1n) is 6.17. The number of carbonyl (C=O) groups is 1. The summed E-state index contributed by atoms with van der Waals surface area (Å²) in [6.45, 7) is 0. The van der Waals surface area contributed by atoms with Gasteiger partial charge in [-0.25, -0.2) is 13.6 Å². The molecular formula is C15H8F2N2O3. The second kappa shape index (κ2) is 5.36. The van der Waals surface area contributed by atoms with E-state index in [0.717, 1.165) is 18.2 Å². The molecule has 0 amide bonds. The van der Waals surface area contributed by atoms with Crippen LogP contribution in [0.4, 0.5) is 8.78 Å². The molecule has 1 aromatic heterocycles. The van der Waals surface area contributed by atoms with E-state index in [2.05, 4.69) is 10.1 Å². The summed E-state index contributed by atoms with van der Waals surface area (Å²) in [5.74, 6) is -2.53. The molecule has 0 radical (unpaired) electrons. The second-order valence-corrected chi connectivity index (χ2v) is 4.43. The molecule has 0 atom stereocenters. The minimum Gasteiger partial charge on any atom is -0.478 e. The minimum atomic E-state index is -1.10. The monoisotopic (exact) mass is 302 g/mol. The van der Waals surface area contributed by atoms with E-state index >= 15 is 0 Å². The first-order chi connectivity index (χ1) is 10.5. The van der Waals surface area contributed by atoms with Gasteiger partial charge in [-0.3, -0.25) is 0 Å². The molecule has 0 saturated heterocycles. The third-order valence-corrected chi connectivity index (χ3v) is 2.95. The van der Waals surface area contributed by atoms with Gasteiger partial charge < -0.3 is 9.63 Å². The van der Waals surface area contributed by atoms with Crippen LogP contribution in [0.15, 0.2) is 47.0 Å². The van der Waals surface area contributed by atoms with Crippen molar-refractivity contribution in [2.75, 3.05) is 0 Å². The first kappa shape index (κ1) is 13.9. The molecule has 1 N–H and O–H groups in total. The minimum absolute atomic E-state index is 0.0563. The Morgan fingerprint density at radius 3 is 2.73 bits per heavy atom. The molecule has 0 bridgehead atoms. The van der Waals surface area contributed by atoms with Crippen LogP contribution in [0.1, 0.15) is 10.4 Å². The predicted molar refractivity (Wildman–Crippen MR) is 72.0 cm³/mol. The molecule has 1 heterocycles. The van der Waals surface area contributed by atoms with Crippen LogP contribution in [0.25, 0.3) is 22.8 Å². The van der Waals surface area contributed by atoms with E-state index in [1.165, 1.54) is 18.2 Å². The number of hydrogen-bond donors (Lipinski definition) is 1. The number of halogens is 2. The van der Waals surface area contributed by atoms with E-state index in [0.29, 0.717) is 5.56 Å². The van der Waals surface area contributed by atoms with E-state index in [9.17, 15) is 13.6 Å². The van der Waals surface area contributed by atoms with E-state index in [-0.39, 0.29) is 22.8 Å². The molecule has 3 rings (SSSR count). The molecule has 5 nitrogen and oxygen atoms in total. The van der Waals surface area contributed by atoms with Crippen LogP contribution in [0.3, 0.4) is 0 Å². The van der Waals surface area contributed by atoms with Crippen molar-refractivity contribution in [2.24, 2.45) is 0 Å². The Bertz CT molecular complexity index is 861. The van der Waals surface area contributed by atoms with Gasteiger partial charge in [0.1, 0.15) is 11.6 Å². The van der Waals surface area contributed by atoms with Crippen molar-refractivity contribution < 1.29 is 23.2 Å². The van der Waals surface area contributed by atoms with Crippen LogP contribution < -0.4 is 0 Å². The summed E-state index contributed by atoms with van der Waals surface area (Å²) in [6, 6.07) is 8.77. The topological polar surface area (TPSA) is 76.2 Å². The number of carboxylic acid groups (broad SMARTS) is 1. The van der Waals surface area contributed by atoms with Crippen molar-refractivity contribution >= 4 is 5.97 Å². The molecule has 0 unspecified atom stereocenters. The Labute approximate surface area is 122 Å². The molecule has 0 aliphatic carbocycles. The summed E-state index contributed by atoms with van der Waals surface area (Å²) in [5.41, 5.74) is 0.292. The number of carboxylic acids is 1. The smallest absolute Gasteiger partial charge is 0.335 e. The quantitative estimate of drug-likeness (QED) is 0.802. The summed E-state index contributed by atoms with van der Waals surface area (Å²) in [7, 11) is 0. The zero-order valence-corrected chi connectivity index (χ0v) is 11.0. The Morgan fingerprint density at radius 1 is 1.14 bits per heavy atom. The molecule has 3 aromatic rings. The summed E-state index contributed by atoms with van der Waals surface area (Å²) < 4.78 is 31.8. The van der Waals surface area contributed by atoms with Gasteiger partial charge >= 0.3 is 5.97 Å². The summed E-state index contributed by atoms with van der Waals surface area (Å²) >= 11 is 0. The van der Waals surface area contributed by atoms with Crippen molar-refractivity contribution in [2.45, 2.75) is 0 Å². The molecule has 110 valence electrons. The highest BCUT2D eigenvalue weighted by Gasteiger charge is 2.16. The van der Waals surface area contributed by atoms with Crippen molar-refractivity contribution in [3.05, 3.63) is 59.7 Å². The van der Waals surface area contributed by atoms with Crippen molar-refractivity contribution in [1.82, 2.24) is 10.1 Å². The Balaban J connectivity index is 2.02. The summed E-state index contributed by atoms with van der Waals surface area (Å²) in [4.78, 5) is 14.9. The van der Waals surface area contributed by atoms with Gasteiger partial charge in [-0.1, -0.05) is 17.3 Å². The number of rotatable bonds is 3. The largest absolute Gasteiger partial charge is 0.478 e. The molecule has 0 spiro atoms. The standard InChI is InChI=1S/C15H8F2N2O3/c16-10-4-5-12(17)11(7-10)14-18-13(19-22-14)8-2-1-3-9(6-8)15(20)21/h1-7H,(H,20,21). The number of nitrogens with zero attached hydrogens (tertiary/aromatic N) is 2. The summed E-state index contributed by atoms with van der Waals surface area (Å²) in [6.07, 6.45) is 0. The van der Waals surface area contributed by atoms with E-state index in [4.69, 9.17) is 9.63 Å². The molecule has 0 aliphatic rings.